The number of thiol groups is 1. The highest BCUT2D eigenvalue weighted by Crippen LogP contribution is 2.40. The van der Waals surface area contributed by atoms with Gasteiger partial charge in [-0.15, -0.1) is 0 Å². The fourth-order valence-electron chi connectivity index (χ4n) is 2.80. The van der Waals surface area contributed by atoms with Gasteiger partial charge in [0.15, 0.2) is 0 Å². The standard InChI is InChI=1S/C16H26O5S2/c17-15(3-8-22)19-6-7-20-16(18)5-10-23-9-4-12-1-2-13-14(11-12)21-13/h12-14,22H,1-11H2. The van der Waals surface area contributed by atoms with Crippen molar-refractivity contribution in [1.82, 2.24) is 0 Å². The zero-order valence-electron chi connectivity index (χ0n) is 13.4. The van der Waals surface area contributed by atoms with Crippen LogP contribution in [0.1, 0.15) is 38.5 Å². The van der Waals surface area contributed by atoms with Gasteiger partial charge in [0.25, 0.3) is 0 Å². The van der Waals surface area contributed by atoms with Crippen LogP contribution in [0.15, 0.2) is 0 Å². The lowest BCUT2D eigenvalue weighted by Gasteiger charge is -2.18. The minimum absolute atomic E-state index is 0.122. The van der Waals surface area contributed by atoms with Crippen molar-refractivity contribution in [2.75, 3.05) is 30.5 Å². The zero-order chi connectivity index (χ0) is 16.5. The highest BCUT2D eigenvalue weighted by molar-refractivity contribution is 7.99. The first-order valence-corrected chi connectivity index (χ1v) is 10.1. The average Bonchev–Trinajstić information content (AvgIpc) is 3.30. The summed E-state index contributed by atoms with van der Waals surface area (Å²) in [6.45, 7) is 0.254. The van der Waals surface area contributed by atoms with Crippen molar-refractivity contribution < 1.29 is 23.8 Å². The summed E-state index contributed by atoms with van der Waals surface area (Å²) in [7, 11) is 0. The van der Waals surface area contributed by atoms with E-state index in [0.717, 1.165) is 17.4 Å². The number of carbonyl (C=O) groups is 2. The molecule has 1 aliphatic heterocycles. The molecule has 0 bridgehead atoms. The van der Waals surface area contributed by atoms with Gasteiger partial charge in [0, 0.05) is 11.5 Å². The van der Waals surface area contributed by atoms with Crippen LogP contribution >= 0.6 is 24.4 Å². The molecule has 0 spiro atoms. The number of esters is 2. The molecule has 5 nitrogen and oxygen atoms in total. The Labute approximate surface area is 147 Å². The van der Waals surface area contributed by atoms with Gasteiger partial charge in [-0.25, -0.2) is 0 Å². The SMILES string of the molecule is O=C(CCS)OCCOC(=O)CCSCCC1CCC2OC2C1. The second kappa shape index (κ2) is 10.5. The number of hydrogen-bond donors (Lipinski definition) is 1. The van der Waals surface area contributed by atoms with Gasteiger partial charge in [0.1, 0.15) is 13.2 Å². The van der Waals surface area contributed by atoms with Crippen LogP contribution in [0.25, 0.3) is 0 Å². The Morgan fingerprint density at radius 3 is 2.48 bits per heavy atom. The quantitative estimate of drug-likeness (QED) is 0.264. The fraction of sp³-hybridized carbons (Fsp3) is 0.875. The van der Waals surface area contributed by atoms with E-state index in [1.807, 2.05) is 0 Å². The van der Waals surface area contributed by atoms with Crippen LogP contribution < -0.4 is 0 Å². The first-order chi connectivity index (χ1) is 11.2. The van der Waals surface area contributed by atoms with Crippen LogP contribution in [-0.4, -0.2) is 54.6 Å². The Balaban J connectivity index is 1.37. The lowest BCUT2D eigenvalue weighted by Crippen LogP contribution is -2.15. The number of thioether (sulfide) groups is 1. The van der Waals surface area contributed by atoms with Gasteiger partial charge in [0.2, 0.25) is 0 Å². The summed E-state index contributed by atoms with van der Waals surface area (Å²) in [6.07, 6.45) is 6.77. The molecule has 0 radical (unpaired) electrons. The van der Waals surface area contributed by atoms with Crippen LogP contribution in [0.3, 0.4) is 0 Å². The minimum Gasteiger partial charge on any atom is -0.462 e. The Kier molecular flexibility index (Phi) is 8.61. The molecule has 0 aromatic carbocycles. The Morgan fingerprint density at radius 1 is 1.04 bits per heavy atom. The summed E-state index contributed by atoms with van der Waals surface area (Å²) in [5, 5.41) is 0. The van der Waals surface area contributed by atoms with E-state index < -0.39 is 0 Å². The molecular formula is C16H26O5S2. The van der Waals surface area contributed by atoms with E-state index in [4.69, 9.17) is 14.2 Å². The van der Waals surface area contributed by atoms with E-state index in [0.29, 0.717) is 24.4 Å². The van der Waals surface area contributed by atoms with Crippen molar-refractivity contribution in [1.29, 1.82) is 0 Å². The fourth-order valence-corrected chi connectivity index (χ4v) is 4.00. The van der Waals surface area contributed by atoms with E-state index in [9.17, 15) is 9.59 Å². The average molecular weight is 363 g/mol. The summed E-state index contributed by atoms with van der Waals surface area (Å²) < 4.78 is 15.4. The van der Waals surface area contributed by atoms with E-state index in [1.54, 1.807) is 11.8 Å². The van der Waals surface area contributed by atoms with Crippen molar-refractivity contribution in [3.63, 3.8) is 0 Å². The maximum Gasteiger partial charge on any atom is 0.306 e. The predicted octanol–water partition coefficient (Wildman–Crippen LogP) is 2.47. The van der Waals surface area contributed by atoms with Crippen molar-refractivity contribution >= 4 is 36.3 Å². The molecule has 0 aromatic heterocycles. The van der Waals surface area contributed by atoms with E-state index in [-0.39, 0.29) is 31.6 Å². The second-order valence-electron chi connectivity index (χ2n) is 5.96. The Morgan fingerprint density at radius 2 is 1.78 bits per heavy atom. The minimum atomic E-state index is -0.308. The van der Waals surface area contributed by atoms with Crippen LogP contribution in [0.5, 0.6) is 0 Å². The van der Waals surface area contributed by atoms with Crippen LogP contribution in [0.2, 0.25) is 0 Å². The monoisotopic (exact) mass is 362 g/mol. The molecule has 2 aliphatic rings. The number of carbonyl (C=O) groups excluding carboxylic acids is 2. The normalized spacial score (nSPS) is 25.5. The highest BCUT2D eigenvalue weighted by Gasteiger charge is 2.43. The topological polar surface area (TPSA) is 65.1 Å². The van der Waals surface area contributed by atoms with Crippen LogP contribution in [0, 0.1) is 5.92 Å². The van der Waals surface area contributed by atoms with E-state index >= 15 is 0 Å². The number of epoxide rings is 1. The summed E-state index contributed by atoms with van der Waals surface area (Å²) in [5.41, 5.74) is 0. The van der Waals surface area contributed by atoms with Crippen molar-refractivity contribution in [2.45, 2.75) is 50.7 Å². The molecule has 3 atom stereocenters. The number of rotatable bonds is 11. The summed E-state index contributed by atoms with van der Waals surface area (Å²) in [6, 6.07) is 0. The molecule has 0 N–H and O–H groups in total. The molecule has 2 fully saturated rings. The molecule has 7 heteroatoms. The van der Waals surface area contributed by atoms with E-state index in [1.165, 1.54) is 25.7 Å². The first kappa shape index (κ1) is 18.9. The second-order valence-corrected chi connectivity index (χ2v) is 7.63. The molecule has 1 saturated heterocycles. The van der Waals surface area contributed by atoms with Gasteiger partial charge in [-0.2, -0.15) is 24.4 Å². The van der Waals surface area contributed by atoms with Gasteiger partial charge in [-0.3, -0.25) is 9.59 Å². The third-order valence-electron chi connectivity index (χ3n) is 4.16. The third-order valence-corrected chi connectivity index (χ3v) is 5.40. The van der Waals surface area contributed by atoms with Gasteiger partial charge >= 0.3 is 11.9 Å². The summed E-state index contributed by atoms with van der Waals surface area (Å²) >= 11 is 5.74. The van der Waals surface area contributed by atoms with E-state index in [2.05, 4.69) is 12.6 Å². The molecule has 0 aromatic rings. The molecule has 3 unspecified atom stereocenters. The smallest absolute Gasteiger partial charge is 0.306 e. The largest absolute Gasteiger partial charge is 0.462 e. The number of ether oxygens (including phenoxy) is 3. The maximum atomic E-state index is 11.5. The van der Waals surface area contributed by atoms with Gasteiger partial charge < -0.3 is 14.2 Å². The lowest BCUT2D eigenvalue weighted by molar-refractivity contribution is -0.151. The Hall–Kier alpha value is -0.400. The van der Waals surface area contributed by atoms with Gasteiger partial charge in [0.05, 0.1) is 25.0 Å². The maximum absolute atomic E-state index is 11.5. The number of hydrogen-bond acceptors (Lipinski definition) is 7. The molecular weight excluding hydrogens is 336 g/mol. The lowest BCUT2D eigenvalue weighted by atomic mass is 9.88. The van der Waals surface area contributed by atoms with Gasteiger partial charge in [-0.1, -0.05) is 0 Å². The summed E-state index contributed by atoms with van der Waals surface area (Å²) in [5.74, 6) is 2.60. The molecule has 23 heavy (non-hydrogen) atoms. The van der Waals surface area contributed by atoms with Crippen molar-refractivity contribution in [3.05, 3.63) is 0 Å². The predicted molar refractivity (Wildman–Crippen MR) is 92.9 cm³/mol. The Bertz CT molecular complexity index is 391. The molecule has 1 saturated carbocycles. The summed E-state index contributed by atoms with van der Waals surface area (Å²) in [4.78, 5) is 22.6. The van der Waals surface area contributed by atoms with Crippen LogP contribution in [0.4, 0.5) is 0 Å². The molecule has 2 rings (SSSR count). The number of fused-ring (bicyclic) bond motifs is 1. The van der Waals surface area contributed by atoms with Crippen molar-refractivity contribution in [3.8, 4) is 0 Å². The molecule has 132 valence electrons. The first-order valence-electron chi connectivity index (χ1n) is 8.34. The molecule has 1 aliphatic carbocycles. The van der Waals surface area contributed by atoms with Gasteiger partial charge in [-0.05, 0) is 37.4 Å². The van der Waals surface area contributed by atoms with Crippen molar-refractivity contribution in [2.24, 2.45) is 5.92 Å². The zero-order valence-corrected chi connectivity index (χ0v) is 15.1. The van der Waals surface area contributed by atoms with Crippen LogP contribution in [-0.2, 0) is 23.8 Å². The highest BCUT2D eigenvalue weighted by atomic mass is 32.2. The third kappa shape index (κ3) is 7.81. The molecule has 1 heterocycles. The molecule has 0 amide bonds.